The molecule has 1 nitrogen and oxygen atoms in total. The van der Waals surface area contributed by atoms with Gasteiger partial charge in [-0.15, -0.1) is 0 Å². The molecule has 0 spiro atoms. The molecule has 0 amide bonds. The second-order valence-electron chi connectivity index (χ2n) is 8.31. The lowest BCUT2D eigenvalue weighted by Gasteiger charge is -2.22. The first-order valence-electron chi connectivity index (χ1n) is 10.1. The molecule has 0 aliphatic heterocycles. The van der Waals surface area contributed by atoms with Crippen LogP contribution in [-0.4, -0.2) is 5.78 Å². The Morgan fingerprint density at radius 2 is 1.81 bits per heavy atom. The maximum Gasteiger partial charge on any atom is 0.166 e. The zero-order valence-electron chi connectivity index (χ0n) is 16.5. The summed E-state index contributed by atoms with van der Waals surface area (Å²) in [4.78, 5) is 13.3. The van der Waals surface area contributed by atoms with Crippen molar-refractivity contribution >= 4 is 5.78 Å². The molecule has 3 aliphatic rings. The maximum atomic E-state index is 13.3. The summed E-state index contributed by atoms with van der Waals surface area (Å²) in [5, 5.41) is 0. The molecule has 1 aromatic rings. The van der Waals surface area contributed by atoms with Crippen LogP contribution in [0.15, 0.2) is 77.5 Å². The van der Waals surface area contributed by atoms with Gasteiger partial charge < -0.3 is 0 Å². The first-order chi connectivity index (χ1) is 13.0. The SMILES string of the molecule is Cc1cc(C(C)C)ccc1C1CC(C2=CC=CC2)=CC1C(=O)C1=CC=CC1. The summed E-state index contributed by atoms with van der Waals surface area (Å²) in [6.45, 7) is 6.66. The van der Waals surface area contributed by atoms with Crippen LogP contribution in [0.1, 0.15) is 61.6 Å². The molecule has 27 heavy (non-hydrogen) atoms. The molecule has 138 valence electrons. The molecular weight excluding hydrogens is 328 g/mol. The quantitative estimate of drug-likeness (QED) is 0.589. The smallest absolute Gasteiger partial charge is 0.166 e. The van der Waals surface area contributed by atoms with E-state index in [-0.39, 0.29) is 11.8 Å². The standard InChI is InChI=1S/C26H28O/c1-17(2)21-12-13-23(18(3)14-21)24-15-22(19-8-4-5-9-19)16-25(24)26(27)20-10-6-7-11-20/h4-8,10,12-14,16-17,24-25H,9,11,15H2,1-3H3. The molecule has 0 fully saturated rings. The average Bonchev–Trinajstić information content (AvgIpc) is 3.41. The summed E-state index contributed by atoms with van der Waals surface area (Å²) >= 11 is 0. The zero-order chi connectivity index (χ0) is 19.0. The van der Waals surface area contributed by atoms with E-state index in [0.29, 0.717) is 11.7 Å². The van der Waals surface area contributed by atoms with Crippen molar-refractivity contribution in [3.8, 4) is 0 Å². The predicted molar refractivity (Wildman–Crippen MR) is 113 cm³/mol. The van der Waals surface area contributed by atoms with E-state index >= 15 is 0 Å². The Morgan fingerprint density at radius 3 is 2.44 bits per heavy atom. The van der Waals surface area contributed by atoms with Crippen LogP contribution in [0.2, 0.25) is 0 Å². The molecule has 3 aliphatic carbocycles. The summed E-state index contributed by atoms with van der Waals surface area (Å²) in [6, 6.07) is 6.83. The molecule has 1 heteroatoms. The minimum Gasteiger partial charge on any atom is -0.294 e. The maximum absolute atomic E-state index is 13.3. The molecule has 0 aromatic heterocycles. The van der Waals surface area contributed by atoms with Crippen molar-refractivity contribution in [1.29, 1.82) is 0 Å². The number of hydrogen-bond acceptors (Lipinski definition) is 1. The third-order valence-corrected chi connectivity index (χ3v) is 6.19. The third-order valence-electron chi connectivity index (χ3n) is 6.19. The number of carbonyl (C=O) groups is 1. The van der Waals surface area contributed by atoms with Gasteiger partial charge in [-0.1, -0.05) is 74.6 Å². The van der Waals surface area contributed by atoms with Crippen molar-refractivity contribution in [2.45, 2.75) is 51.9 Å². The van der Waals surface area contributed by atoms with E-state index in [1.807, 2.05) is 12.2 Å². The van der Waals surface area contributed by atoms with Crippen LogP contribution in [0.4, 0.5) is 0 Å². The first-order valence-corrected chi connectivity index (χ1v) is 10.1. The Balaban J connectivity index is 1.68. The van der Waals surface area contributed by atoms with Gasteiger partial charge in [0, 0.05) is 11.8 Å². The van der Waals surface area contributed by atoms with Crippen molar-refractivity contribution in [1.82, 2.24) is 0 Å². The number of Topliss-reactive ketones (excluding diaryl/α,β-unsaturated/α-hetero) is 1. The van der Waals surface area contributed by atoms with Crippen LogP contribution < -0.4 is 0 Å². The second-order valence-corrected chi connectivity index (χ2v) is 8.31. The van der Waals surface area contributed by atoms with Crippen molar-refractivity contribution in [3.63, 3.8) is 0 Å². The highest BCUT2D eigenvalue weighted by Crippen LogP contribution is 2.45. The van der Waals surface area contributed by atoms with Crippen LogP contribution in [0.3, 0.4) is 0 Å². The highest BCUT2D eigenvalue weighted by atomic mass is 16.1. The number of allylic oxidation sites excluding steroid dienone is 10. The summed E-state index contributed by atoms with van der Waals surface area (Å²) < 4.78 is 0. The highest BCUT2D eigenvalue weighted by molar-refractivity contribution is 6.00. The molecule has 0 radical (unpaired) electrons. The molecule has 2 atom stereocenters. The number of benzene rings is 1. The van der Waals surface area contributed by atoms with Crippen LogP contribution in [0, 0.1) is 12.8 Å². The molecule has 0 heterocycles. The van der Waals surface area contributed by atoms with Gasteiger partial charge in [-0.05, 0) is 65.5 Å². The molecule has 0 saturated carbocycles. The van der Waals surface area contributed by atoms with Crippen molar-refractivity contribution in [2.75, 3.05) is 0 Å². The molecule has 0 N–H and O–H groups in total. The van der Waals surface area contributed by atoms with Gasteiger partial charge in [0.2, 0.25) is 0 Å². The number of aryl methyl sites for hydroxylation is 1. The molecule has 1 aromatic carbocycles. The highest BCUT2D eigenvalue weighted by Gasteiger charge is 2.36. The minimum absolute atomic E-state index is 0.0451. The van der Waals surface area contributed by atoms with Crippen LogP contribution in [-0.2, 0) is 4.79 Å². The van der Waals surface area contributed by atoms with Gasteiger partial charge in [0.25, 0.3) is 0 Å². The van der Waals surface area contributed by atoms with Crippen LogP contribution in [0.5, 0.6) is 0 Å². The van der Waals surface area contributed by atoms with E-state index in [1.54, 1.807) is 0 Å². The first kappa shape index (κ1) is 18.0. The van der Waals surface area contributed by atoms with Crippen molar-refractivity contribution in [2.24, 2.45) is 5.92 Å². The van der Waals surface area contributed by atoms with Crippen LogP contribution in [0.25, 0.3) is 0 Å². The Labute approximate surface area is 162 Å². The summed E-state index contributed by atoms with van der Waals surface area (Å²) in [6.07, 6.45) is 17.6. The van der Waals surface area contributed by atoms with Gasteiger partial charge in [-0.25, -0.2) is 0 Å². The Bertz CT molecular complexity index is 918. The van der Waals surface area contributed by atoms with Crippen LogP contribution >= 0.6 is 0 Å². The average molecular weight is 357 g/mol. The van der Waals surface area contributed by atoms with Gasteiger partial charge in [0.1, 0.15) is 0 Å². The molecule has 0 saturated heterocycles. The largest absolute Gasteiger partial charge is 0.294 e. The lowest BCUT2D eigenvalue weighted by Crippen LogP contribution is -2.19. The van der Waals surface area contributed by atoms with Gasteiger partial charge in [-0.2, -0.15) is 0 Å². The van der Waals surface area contributed by atoms with E-state index in [9.17, 15) is 4.79 Å². The van der Waals surface area contributed by atoms with Crippen molar-refractivity contribution in [3.05, 3.63) is 94.1 Å². The monoisotopic (exact) mass is 356 g/mol. The van der Waals surface area contributed by atoms with Gasteiger partial charge >= 0.3 is 0 Å². The summed E-state index contributed by atoms with van der Waals surface area (Å²) in [7, 11) is 0. The molecule has 0 bridgehead atoms. The fraction of sp³-hybridized carbons (Fsp3) is 0.346. The predicted octanol–water partition coefficient (Wildman–Crippen LogP) is 6.49. The summed E-state index contributed by atoms with van der Waals surface area (Å²) in [5.41, 5.74) is 7.72. The fourth-order valence-corrected chi connectivity index (χ4v) is 4.57. The Hall–Kier alpha value is -2.41. The zero-order valence-corrected chi connectivity index (χ0v) is 16.5. The fourth-order valence-electron chi connectivity index (χ4n) is 4.57. The van der Waals surface area contributed by atoms with E-state index < -0.39 is 0 Å². The minimum atomic E-state index is -0.0451. The number of ketones is 1. The van der Waals surface area contributed by atoms with E-state index in [2.05, 4.69) is 69.4 Å². The molecular formula is C26H28O. The lowest BCUT2D eigenvalue weighted by atomic mass is 9.80. The van der Waals surface area contributed by atoms with E-state index in [4.69, 9.17) is 0 Å². The normalized spacial score (nSPS) is 23.8. The second kappa shape index (κ2) is 7.31. The molecule has 2 unspecified atom stereocenters. The third kappa shape index (κ3) is 3.43. The lowest BCUT2D eigenvalue weighted by molar-refractivity contribution is -0.118. The topological polar surface area (TPSA) is 17.1 Å². The Morgan fingerprint density at radius 1 is 1.04 bits per heavy atom. The Kier molecular flexibility index (Phi) is 4.86. The van der Waals surface area contributed by atoms with Gasteiger partial charge in [0.15, 0.2) is 5.78 Å². The van der Waals surface area contributed by atoms with E-state index in [0.717, 1.165) is 24.8 Å². The number of carbonyl (C=O) groups excluding carboxylic acids is 1. The molecule has 4 rings (SSSR count). The van der Waals surface area contributed by atoms with Crippen molar-refractivity contribution < 1.29 is 4.79 Å². The van der Waals surface area contributed by atoms with Gasteiger partial charge in [0.05, 0.1) is 0 Å². The summed E-state index contributed by atoms with van der Waals surface area (Å²) in [5.74, 6) is 1.03. The van der Waals surface area contributed by atoms with E-state index in [1.165, 1.54) is 27.8 Å². The number of hydrogen-bond donors (Lipinski definition) is 0. The number of rotatable bonds is 5. The van der Waals surface area contributed by atoms with Gasteiger partial charge in [-0.3, -0.25) is 4.79 Å².